The molecule has 11 nitrogen and oxygen atoms in total. The van der Waals surface area contributed by atoms with Crippen molar-refractivity contribution in [2.75, 3.05) is 28.4 Å². The first-order valence-corrected chi connectivity index (χ1v) is 28.4. The molecule has 82 heavy (non-hydrogen) atoms. The summed E-state index contributed by atoms with van der Waals surface area (Å²) in [6.45, 7) is 0.0115. The van der Waals surface area contributed by atoms with Crippen LogP contribution in [0.3, 0.4) is 0 Å². The third-order valence-corrected chi connectivity index (χ3v) is 14.0. The number of alkyl halides is 1. The molecule has 9 aromatic carbocycles. The molecule has 19 heteroatoms. The fourth-order valence-corrected chi connectivity index (χ4v) is 9.23. The maximum Gasteiger partial charge on any atom is 0.488 e. The highest BCUT2D eigenvalue weighted by Crippen LogP contribution is 2.35. The van der Waals surface area contributed by atoms with Crippen LogP contribution in [0.15, 0.2) is 197 Å². The van der Waals surface area contributed by atoms with Gasteiger partial charge >= 0.3 is 7.12 Å². The Bertz CT molecular complexity index is 3420. The zero-order chi connectivity index (χ0) is 60.1. The normalized spacial score (nSPS) is 9.88. The highest BCUT2D eigenvalue weighted by atomic mass is 79.9. The Balaban J connectivity index is 0.000000215. The van der Waals surface area contributed by atoms with E-state index in [4.69, 9.17) is 85.6 Å². The van der Waals surface area contributed by atoms with Crippen LogP contribution in [-0.4, -0.2) is 74.7 Å². The minimum absolute atomic E-state index is 0.0115. The van der Waals surface area contributed by atoms with E-state index in [1.807, 2.05) is 97.1 Å². The Morgan fingerprint density at radius 2 is 0.805 bits per heavy atom. The van der Waals surface area contributed by atoms with Gasteiger partial charge in [-0.3, -0.25) is 14.4 Å². The van der Waals surface area contributed by atoms with Gasteiger partial charge in [-0.2, -0.15) is 0 Å². The number of phenolic OH excluding ortho intramolecular Hbond substituents is 1. The summed E-state index contributed by atoms with van der Waals surface area (Å²) in [5.41, 5.74) is 10.1. The molecule has 0 fully saturated rings. The SMILES string of the molecule is COc1ccc(C=O)cc1-c1cccc(Cl)c1.COc1ccc(C=O)cc1Br.COc1ccc(CBr)cc1-c1cccc(Cl)c1.COc1ccc(CO)cc1-c1cccc(Cl)c1.O=Cc1ccc(O)c(Br)c1.OB(O)c1cccc(Cl)c1. The number of hydrogen-bond acceptors (Lipinski definition) is 11. The van der Waals surface area contributed by atoms with Crippen molar-refractivity contribution < 1.29 is 53.6 Å². The number of aromatic hydroxyl groups is 1. The first-order chi connectivity index (χ1) is 39.4. The van der Waals surface area contributed by atoms with Crippen molar-refractivity contribution in [2.45, 2.75) is 11.9 Å². The van der Waals surface area contributed by atoms with Crippen molar-refractivity contribution in [2.24, 2.45) is 0 Å². The summed E-state index contributed by atoms with van der Waals surface area (Å²) in [4.78, 5) is 31.3. The van der Waals surface area contributed by atoms with Crippen molar-refractivity contribution in [1.29, 1.82) is 0 Å². The smallest absolute Gasteiger partial charge is 0.488 e. The van der Waals surface area contributed by atoms with Gasteiger partial charge in [0, 0.05) is 58.8 Å². The van der Waals surface area contributed by atoms with Crippen LogP contribution in [0.5, 0.6) is 28.7 Å². The van der Waals surface area contributed by atoms with Gasteiger partial charge < -0.3 is 39.2 Å². The van der Waals surface area contributed by atoms with Crippen molar-refractivity contribution in [3.8, 4) is 62.1 Å². The number of rotatable bonds is 13. The second-order valence-electron chi connectivity index (χ2n) is 16.7. The van der Waals surface area contributed by atoms with Gasteiger partial charge in [0.2, 0.25) is 0 Å². The molecule has 0 aliphatic heterocycles. The molecule has 9 rings (SSSR count). The lowest BCUT2D eigenvalue weighted by molar-refractivity contribution is 0.111. The Hall–Kier alpha value is -6.47. The maximum atomic E-state index is 10.8. The van der Waals surface area contributed by atoms with Gasteiger partial charge in [-0.25, -0.2) is 0 Å². The lowest BCUT2D eigenvalue weighted by atomic mass is 9.81. The molecular weight excluding hydrogens is 1330 g/mol. The number of methoxy groups -OCH3 is 4. The monoisotopic (exact) mass is 1370 g/mol. The van der Waals surface area contributed by atoms with E-state index in [0.717, 1.165) is 95.6 Å². The van der Waals surface area contributed by atoms with Gasteiger partial charge in [0.1, 0.15) is 47.6 Å². The second kappa shape index (κ2) is 36.2. The fraction of sp³-hybridized carbons (Fsp3) is 0.0952. The van der Waals surface area contributed by atoms with Crippen molar-refractivity contribution in [3.05, 3.63) is 245 Å². The molecule has 4 N–H and O–H groups in total. The number of carbonyl (C=O) groups excluding carboxylic acids is 3. The predicted molar refractivity (Wildman–Crippen MR) is 343 cm³/mol. The molecule has 0 saturated carbocycles. The van der Waals surface area contributed by atoms with Gasteiger partial charge in [0.25, 0.3) is 0 Å². The van der Waals surface area contributed by atoms with Crippen LogP contribution >= 0.6 is 94.2 Å². The molecule has 9 aromatic rings. The number of benzene rings is 9. The average Bonchev–Trinajstić information content (AvgIpc) is 3.58. The Labute approximate surface area is 522 Å². The lowest BCUT2D eigenvalue weighted by Gasteiger charge is -2.10. The van der Waals surface area contributed by atoms with Gasteiger partial charge in [-0.15, -0.1) is 0 Å². The largest absolute Gasteiger partial charge is 0.507 e. The van der Waals surface area contributed by atoms with Gasteiger partial charge in [0.15, 0.2) is 0 Å². The zero-order valence-corrected chi connectivity index (χ0v) is 52.2. The van der Waals surface area contributed by atoms with E-state index in [2.05, 4.69) is 53.9 Å². The topological polar surface area (TPSA) is 169 Å². The summed E-state index contributed by atoms with van der Waals surface area (Å²) in [5, 5.41) is 38.8. The van der Waals surface area contributed by atoms with Gasteiger partial charge in [-0.05, 0) is 193 Å². The molecule has 0 unspecified atom stereocenters. The number of aldehydes is 3. The first kappa shape index (κ1) is 68.0. The summed E-state index contributed by atoms with van der Waals surface area (Å²) < 4.78 is 22.3. The number of ether oxygens (including phenoxy) is 4. The highest BCUT2D eigenvalue weighted by Gasteiger charge is 2.12. The van der Waals surface area contributed by atoms with Crippen molar-refractivity contribution in [1.82, 2.24) is 0 Å². The zero-order valence-electron chi connectivity index (χ0n) is 44.4. The van der Waals surface area contributed by atoms with Crippen LogP contribution in [0.4, 0.5) is 0 Å². The molecule has 0 atom stereocenters. The van der Waals surface area contributed by atoms with E-state index in [-0.39, 0.29) is 12.4 Å². The van der Waals surface area contributed by atoms with Crippen LogP contribution < -0.4 is 24.4 Å². The van der Waals surface area contributed by atoms with E-state index in [1.165, 1.54) is 17.7 Å². The Kier molecular flexibility index (Phi) is 30.0. The average molecular weight is 1380 g/mol. The summed E-state index contributed by atoms with van der Waals surface area (Å²) >= 11 is 33.3. The standard InChI is InChI=1S/C14H12BrClO.C14H13ClO2.C14H11ClO2.C8H7BrO2.C7H5BrO2.C6H6BClO2/c1-17-14-6-5-10(9-15)7-13(14)11-3-2-4-12(16)8-11;2*1-17-14-6-5-10(9-16)7-13(14)11-3-2-4-12(15)8-11;1-11-8-3-2-6(5-10)4-7(8)9;8-6-3-5(4-9)1-2-7(6)10;8-6-3-1-2-5(4-6)7(9)10/h2-8H,9H2,1H3;2-8,16H,9H2,1H3;2-9H,1H3;2-5H,1H3;1-4,10H;1-4,9-10H. The summed E-state index contributed by atoms with van der Waals surface area (Å²) in [7, 11) is 5.06. The molecule has 424 valence electrons. The molecule has 0 aliphatic rings. The van der Waals surface area contributed by atoms with Gasteiger partial charge in [0.05, 0.1) is 44.0 Å². The number of phenols is 1. The van der Waals surface area contributed by atoms with Crippen molar-refractivity contribution in [3.63, 3.8) is 0 Å². The molecule has 0 radical (unpaired) electrons. The lowest BCUT2D eigenvalue weighted by Crippen LogP contribution is -2.29. The molecule has 0 aromatic heterocycles. The van der Waals surface area contributed by atoms with Gasteiger partial charge in [-0.1, -0.05) is 123 Å². The van der Waals surface area contributed by atoms with E-state index >= 15 is 0 Å². The summed E-state index contributed by atoms with van der Waals surface area (Å²) in [5.74, 6) is 3.22. The van der Waals surface area contributed by atoms with E-state index in [9.17, 15) is 14.4 Å². The van der Waals surface area contributed by atoms with Crippen LogP contribution in [0.25, 0.3) is 33.4 Å². The van der Waals surface area contributed by atoms with E-state index in [0.29, 0.717) is 41.7 Å². The number of carbonyl (C=O) groups is 3. The molecule has 0 spiro atoms. The highest BCUT2D eigenvalue weighted by molar-refractivity contribution is 9.11. The minimum Gasteiger partial charge on any atom is -0.507 e. The molecule has 0 bridgehead atoms. The van der Waals surface area contributed by atoms with E-state index < -0.39 is 7.12 Å². The first-order valence-electron chi connectivity index (χ1n) is 24.2. The third kappa shape index (κ3) is 22.0. The number of hydrogen-bond donors (Lipinski definition) is 4. The number of halogens is 7. The maximum absolute atomic E-state index is 10.8. The predicted octanol–water partition coefficient (Wildman–Crippen LogP) is 16.5. The Morgan fingerprint density at radius 3 is 1.17 bits per heavy atom. The summed E-state index contributed by atoms with van der Waals surface area (Å²) in [6.07, 6.45) is 2.34. The summed E-state index contributed by atoms with van der Waals surface area (Å²) in [6, 6.07) is 56.0. The van der Waals surface area contributed by atoms with Crippen LogP contribution in [0.2, 0.25) is 20.1 Å². The second-order valence-corrected chi connectivity index (χ2v) is 20.8. The third-order valence-electron chi connectivity index (χ3n) is 11.2. The Morgan fingerprint density at radius 1 is 0.439 bits per heavy atom. The van der Waals surface area contributed by atoms with Crippen molar-refractivity contribution >= 4 is 126 Å². The molecule has 0 heterocycles. The van der Waals surface area contributed by atoms with E-state index in [1.54, 1.807) is 101 Å². The molecule has 0 saturated heterocycles. The molecule has 0 amide bonds. The van der Waals surface area contributed by atoms with Crippen LogP contribution in [0.1, 0.15) is 42.2 Å². The molecular formula is C63H54BBr3Cl4O11. The number of aliphatic hydroxyl groups is 1. The number of aliphatic hydroxyl groups excluding tert-OH is 1. The minimum atomic E-state index is -1.43. The molecule has 0 aliphatic carbocycles. The van der Waals surface area contributed by atoms with Crippen LogP contribution in [0, 0.1) is 0 Å². The van der Waals surface area contributed by atoms with Crippen LogP contribution in [-0.2, 0) is 11.9 Å². The fourth-order valence-electron chi connectivity index (χ4n) is 7.16. The quantitative estimate of drug-likeness (QED) is 0.0492.